The Balaban J connectivity index is 1.98. The lowest BCUT2D eigenvalue weighted by atomic mass is 9.93. The maximum absolute atomic E-state index is 13.3. The Kier molecular flexibility index (Phi) is 8.10. The molecule has 0 saturated heterocycles. The molecule has 0 saturated carbocycles. The van der Waals surface area contributed by atoms with Gasteiger partial charge in [0, 0.05) is 55.1 Å². The van der Waals surface area contributed by atoms with Gasteiger partial charge in [0.25, 0.3) is 0 Å². The zero-order valence-electron chi connectivity index (χ0n) is 20.2. The first-order valence-electron chi connectivity index (χ1n) is 11.6. The fourth-order valence-electron chi connectivity index (χ4n) is 3.98. The van der Waals surface area contributed by atoms with Gasteiger partial charge in [-0.2, -0.15) is 0 Å². The fraction of sp³-hybridized carbons (Fsp3) is 0.357. The number of amides is 1. The molecule has 1 unspecified atom stereocenters. The molecule has 0 aliphatic heterocycles. The third kappa shape index (κ3) is 5.92. The number of aromatic nitrogens is 2. The summed E-state index contributed by atoms with van der Waals surface area (Å²) in [5, 5.41) is 0. The van der Waals surface area contributed by atoms with Crippen molar-refractivity contribution < 1.29 is 9.59 Å². The molecule has 1 amide bonds. The van der Waals surface area contributed by atoms with Crippen molar-refractivity contribution >= 4 is 17.4 Å². The van der Waals surface area contributed by atoms with Gasteiger partial charge in [-0.05, 0) is 49.1 Å². The average Bonchev–Trinajstić information content (AvgIpc) is 2.84. The molecule has 2 aromatic carbocycles. The van der Waals surface area contributed by atoms with Crippen molar-refractivity contribution in [1.82, 2.24) is 9.97 Å². The normalized spacial score (nSPS) is 11.9. The lowest BCUT2D eigenvalue weighted by Crippen LogP contribution is -2.32. The van der Waals surface area contributed by atoms with Crippen LogP contribution in [0.4, 0.5) is 5.69 Å². The molecule has 33 heavy (non-hydrogen) atoms. The van der Waals surface area contributed by atoms with Crippen LogP contribution in [0, 0.1) is 12.8 Å². The van der Waals surface area contributed by atoms with Crippen LogP contribution in [0.3, 0.4) is 0 Å². The number of anilines is 1. The van der Waals surface area contributed by atoms with Crippen LogP contribution in [0.25, 0.3) is 11.1 Å². The van der Waals surface area contributed by atoms with E-state index in [0.717, 1.165) is 35.3 Å². The van der Waals surface area contributed by atoms with Gasteiger partial charge in [0.05, 0.1) is 5.69 Å². The van der Waals surface area contributed by atoms with Crippen LogP contribution in [-0.4, -0.2) is 28.7 Å². The van der Waals surface area contributed by atoms with Gasteiger partial charge in [0.2, 0.25) is 5.91 Å². The minimum atomic E-state index is -0.0541. The third-order valence-corrected chi connectivity index (χ3v) is 6.26. The molecule has 5 nitrogen and oxygen atoms in total. The van der Waals surface area contributed by atoms with Gasteiger partial charge in [-0.15, -0.1) is 0 Å². The Morgan fingerprint density at radius 1 is 0.970 bits per heavy atom. The van der Waals surface area contributed by atoms with Crippen molar-refractivity contribution in [2.24, 2.45) is 5.92 Å². The van der Waals surface area contributed by atoms with Crippen LogP contribution in [0.15, 0.2) is 61.1 Å². The summed E-state index contributed by atoms with van der Waals surface area (Å²) in [4.78, 5) is 36.5. The first-order valence-corrected chi connectivity index (χ1v) is 11.6. The molecular formula is C28H33N3O2. The topological polar surface area (TPSA) is 63.2 Å². The Labute approximate surface area is 196 Å². The highest BCUT2D eigenvalue weighted by molar-refractivity contribution is 6.01. The summed E-state index contributed by atoms with van der Waals surface area (Å²) in [6, 6.07) is 14.0. The minimum absolute atomic E-state index is 0.0201. The predicted molar refractivity (Wildman–Crippen MR) is 133 cm³/mol. The van der Waals surface area contributed by atoms with E-state index in [9.17, 15) is 9.59 Å². The molecule has 3 rings (SSSR count). The van der Waals surface area contributed by atoms with Gasteiger partial charge >= 0.3 is 0 Å². The number of Topliss-reactive ketones (excluding diaryl/α,β-unsaturated/α-hetero) is 1. The molecule has 5 heteroatoms. The number of ketones is 1. The van der Waals surface area contributed by atoms with Crippen LogP contribution in [-0.2, 0) is 4.79 Å². The second-order valence-electron chi connectivity index (χ2n) is 8.70. The summed E-state index contributed by atoms with van der Waals surface area (Å²) in [5.41, 5.74) is 5.24. The predicted octanol–water partition coefficient (Wildman–Crippen LogP) is 6.23. The van der Waals surface area contributed by atoms with Crippen molar-refractivity contribution in [2.45, 2.75) is 52.9 Å². The minimum Gasteiger partial charge on any atom is -0.315 e. The lowest BCUT2D eigenvalue weighted by Gasteiger charge is -2.24. The van der Waals surface area contributed by atoms with E-state index in [1.54, 1.807) is 30.5 Å². The number of carbonyl (C=O) groups excluding carboxylic acids is 2. The first kappa shape index (κ1) is 24.3. The molecule has 1 heterocycles. The Morgan fingerprint density at radius 2 is 1.67 bits per heavy atom. The van der Waals surface area contributed by atoms with E-state index in [0.29, 0.717) is 12.0 Å². The maximum atomic E-state index is 13.3. The van der Waals surface area contributed by atoms with E-state index in [1.807, 2.05) is 58.0 Å². The van der Waals surface area contributed by atoms with Gasteiger partial charge in [0.15, 0.2) is 5.78 Å². The van der Waals surface area contributed by atoms with E-state index in [-0.39, 0.29) is 23.5 Å². The quantitative estimate of drug-likeness (QED) is 0.368. The highest BCUT2D eigenvalue weighted by Gasteiger charge is 2.22. The molecule has 0 aliphatic rings. The van der Waals surface area contributed by atoms with Gasteiger partial charge in [-0.3, -0.25) is 19.6 Å². The third-order valence-electron chi connectivity index (χ3n) is 6.26. The molecule has 0 spiro atoms. The van der Waals surface area contributed by atoms with Crippen LogP contribution in [0.2, 0.25) is 0 Å². The highest BCUT2D eigenvalue weighted by atomic mass is 16.2. The van der Waals surface area contributed by atoms with Crippen molar-refractivity contribution in [3.63, 3.8) is 0 Å². The SMILES string of the molecule is CCC(CC)C(=O)N(C)c1cc(C(=O)CC(C)c2cnccn2)cc(-c2ccc(C)cc2)c1. The molecule has 1 aromatic heterocycles. The van der Waals surface area contributed by atoms with Crippen LogP contribution in [0.5, 0.6) is 0 Å². The highest BCUT2D eigenvalue weighted by Crippen LogP contribution is 2.30. The van der Waals surface area contributed by atoms with E-state index in [4.69, 9.17) is 0 Å². The smallest absolute Gasteiger partial charge is 0.229 e. The molecule has 0 N–H and O–H groups in total. The molecule has 0 fully saturated rings. The largest absolute Gasteiger partial charge is 0.315 e. The molecule has 0 bridgehead atoms. The number of carbonyl (C=O) groups is 2. The maximum Gasteiger partial charge on any atom is 0.229 e. The first-order chi connectivity index (χ1) is 15.8. The summed E-state index contributed by atoms with van der Waals surface area (Å²) in [7, 11) is 1.80. The molecule has 172 valence electrons. The van der Waals surface area contributed by atoms with Crippen molar-refractivity contribution in [1.29, 1.82) is 0 Å². The number of rotatable bonds is 9. The fourth-order valence-corrected chi connectivity index (χ4v) is 3.98. The number of hydrogen-bond donors (Lipinski definition) is 0. The van der Waals surface area contributed by atoms with E-state index < -0.39 is 0 Å². The van der Waals surface area contributed by atoms with Gasteiger partial charge in [-0.1, -0.05) is 50.6 Å². The van der Waals surface area contributed by atoms with E-state index in [2.05, 4.69) is 22.1 Å². The Bertz CT molecular complexity index is 1090. The van der Waals surface area contributed by atoms with Gasteiger partial charge < -0.3 is 4.90 Å². The zero-order chi connectivity index (χ0) is 24.0. The second kappa shape index (κ2) is 11.0. The summed E-state index contributed by atoms with van der Waals surface area (Å²) in [6.45, 7) is 8.09. The van der Waals surface area contributed by atoms with Crippen LogP contribution >= 0.6 is 0 Å². The number of benzene rings is 2. The summed E-state index contributed by atoms with van der Waals surface area (Å²) >= 11 is 0. The summed E-state index contributed by atoms with van der Waals surface area (Å²) in [6.07, 6.45) is 6.87. The number of nitrogens with zero attached hydrogens (tertiary/aromatic N) is 3. The van der Waals surface area contributed by atoms with Crippen LogP contribution < -0.4 is 4.90 Å². The van der Waals surface area contributed by atoms with Crippen molar-refractivity contribution in [3.8, 4) is 11.1 Å². The molecule has 3 aromatic rings. The monoisotopic (exact) mass is 443 g/mol. The summed E-state index contributed by atoms with van der Waals surface area (Å²) in [5.74, 6) is 0.00888. The summed E-state index contributed by atoms with van der Waals surface area (Å²) < 4.78 is 0. The van der Waals surface area contributed by atoms with E-state index in [1.165, 1.54) is 5.56 Å². The Hall–Kier alpha value is -3.34. The average molecular weight is 444 g/mol. The molecule has 1 atom stereocenters. The Morgan fingerprint density at radius 3 is 2.27 bits per heavy atom. The molecule has 0 radical (unpaired) electrons. The van der Waals surface area contributed by atoms with Crippen molar-refractivity contribution in [3.05, 3.63) is 77.9 Å². The standard InChI is InChI=1S/C28H33N3O2/c1-6-21(7-2)28(33)31(5)25-16-23(22-10-8-19(3)9-11-22)15-24(17-25)27(32)14-20(4)26-18-29-12-13-30-26/h8-13,15-18,20-21H,6-7,14H2,1-5H3. The van der Waals surface area contributed by atoms with E-state index >= 15 is 0 Å². The van der Waals surface area contributed by atoms with Crippen molar-refractivity contribution in [2.75, 3.05) is 11.9 Å². The number of hydrogen-bond acceptors (Lipinski definition) is 4. The molecule has 0 aliphatic carbocycles. The molecular weight excluding hydrogens is 410 g/mol. The van der Waals surface area contributed by atoms with Gasteiger partial charge in [0.1, 0.15) is 0 Å². The lowest BCUT2D eigenvalue weighted by molar-refractivity contribution is -0.122. The van der Waals surface area contributed by atoms with Gasteiger partial charge in [-0.25, -0.2) is 0 Å². The number of aryl methyl sites for hydroxylation is 1. The van der Waals surface area contributed by atoms with Crippen LogP contribution in [0.1, 0.15) is 67.6 Å². The second-order valence-corrected chi connectivity index (χ2v) is 8.70. The zero-order valence-corrected chi connectivity index (χ0v) is 20.2.